The van der Waals surface area contributed by atoms with Crippen molar-refractivity contribution in [1.29, 1.82) is 0 Å². The zero-order chi connectivity index (χ0) is 11.8. The van der Waals surface area contributed by atoms with Gasteiger partial charge in [0, 0.05) is 30.8 Å². The van der Waals surface area contributed by atoms with Gasteiger partial charge in [-0.2, -0.15) is 0 Å². The Morgan fingerprint density at radius 3 is 2.76 bits per heavy atom. The molecule has 1 aromatic heterocycles. The Balaban J connectivity index is 1.66. The summed E-state index contributed by atoms with van der Waals surface area (Å²) in [4.78, 5) is 6.02. The van der Waals surface area contributed by atoms with Gasteiger partial charge in [-0.1, -0.05) is 32.0 Å². The Bertz CT molecular complexity index is 473. The topological polar surface area (TPSA) is 19.0 Å². The molecule has 2 heterocycles. The third-order valence-corrected chi connectivity index (χ3v) is 3.91. The van der Waals surface area contributed by atoms with Gasteiger partial charge in [0.25, 0.3) is 0 Å². The van der Waals surface area contributed by atoms with Crippen LogP contribution in [0.1, 0.15) is 19.5 Å². The van der Waals surface area contributed by atoms with E-state index in [-0.39, 0.29) is 0 Å². The lowest BCUT2D eigenvalue weighted by Gasteiger charge is -2.41. The van der Waals surface area contributed by atoms with Crippen molar-refractivity contribution in [3.8, 4) is 0 Å². The maximum absolute atomic E-state index is 3.50. The van der Waals surface area contributed by atoms with Crippen LogP contribution in [0.15, 0.2) is 30.3 Å². The monoisotopic (exact) mass is 228 g/mol. The van der Waals surface area contributed by atoms with Gasteiger partial charge < -0.3 is 4.98 Å². The third-order valence-electron chi connectivity index (χ3n) is 3.91. The first-order chi connectivity index (χ1) is 8.22. The zero-order valence-corrected chi connectivity index (χ0v) is 10.6. The second-order valence-corrected chi connectivity index (χ2v) is 5.58. The summed E-state index contributed by atoms with van der Waals surface area (Å²) >= 11 is 0. The van der Waals surface area contributed by atoms with Crippen LogP contribution in [0.4, 0.5) is 0 Å². The van der Waals surface area contributed by atoms with Gasteiger partial charge in [-0.15, -0.1) is 0 Å². The van der Waals surface area contributed by atoms with E-state index in [2.05, 4.69) is 54.1 Å². The number of para-hydroxylation sites is 1. The van der Waals surface area contributed by atoms with Crippen molar-refractivity contribution in [2.24, 2.45) is 11.8 Å². The molecule has 0 aliphatic carbocycles. The van der Waals surface area contributed by atoms with Crippen molar-refractivity contribution >= 4 is 10.9 Å². The molecule has 1 N–H and O–H groups in total. The van der Waals surface area contributed by atoms with Crippen LogP contribution < -0.4 is 0 Å². The molecule has 1 aromatic carbocycles. The Hall–Kier alpha value is -1.28. The van der Waals surface area contributed by atoms with Crippen LogP contribution in [0.2, 0.25) is 0 Å². The van der Waals surface area contributed by atoms with Crippen molar-refractivity contribution in [3.05, 3.63) is 36.0 Å². The molecule has 0 atom stereocenters. The number of nitrogens with one attached hydrogen (secondary N) is 1. The summed E-state index contributed by atoms with van der Waals surface area (Å²) in [6, 6.07) is 10.8. The number of fused-ring (bicyclic) bond motifs is 1. The molecule has 0 radical (unpaired) electrons. The molecule has 0 unspecified atom stereocenters. The molecule has 1 aliphatic rings. The summed E-state index contributed by atoms with van der Waals surface area (Å²) in [6.45, 7) is 8.23. The number of nitrogens with zero attached hydrogens (tertiary/aromatic N) is 1. The first kappa shape index (κ1) is 10.8. The lowest BCUT2D eigenvalue weighted by molar-refractivity contribution is 0.0605. The quantitative estimate of drug-likeness (QED) is 0.854. The van der Waals surface area contributed by atoms with Crippen molar-refractivity contribution in [3.63, 3.8) is 0 Å². The Morgan fingerprint density at radius 2 is 2.06 bits per heavy atom. The fourth-order valence-corrected chi connectivity index (χ4v) is 2.62. The van der Waals surface area contributed by atoms with Crippen molar-refractivity contribution in [2.45, 2.75) is 20.4 Å². The molecule has 17 heavy (non-hydrogen) atoms. The van der Waals surface area contributed by atoms with E-state index < -0.39 is 0 Å². The molecule has 1 saturated heterocycles. The largest absolute Gasteiger partial charge is 0.357 e. The molecule has 90 valence electrons. The number of rotatable bonds is 3. The number of likely N-dealkylation sites (tertiary alicyclic amines) is 1. The summed E-state index contributed by atoms with van der Waals surface area (Å²) in [5.74, 6) is 1.73. The summed E-state index contributed by atoms with van der Waals surface area (Å²) in [5.41, 5.74) is 2.59. The standard InChI is InChI=1S/C15H20N2/c1-11(2)13-8-17(9-13)10-14-7-12-5-3-4-6-15(12)16-14/h3-7,11,13,16H,8-10H2,1-2H3. The maximum atomic E-state index is 3.50. The number of hydrogen-bond acceptors (Lipinski definition) is 1. The van der Waals surface area contributed by atoms with Gasteiger partial charge in [-0.05, 0) is 29.4 Å². The minimum Gasteiger partial charge on any atom is -0.357 e. The van der Waals surface area contributed by atoms with Crippen LogP contribution in [-0.4, -0.2) is 23.0 Å². The number of H-pyrrole nitrogens is 1. The van der Waals surface area contributed by atoms with Crippen LogP contribution in [0.25, 0.3) is 10.9 Å². The highest BCUT2D eigenvalue weighted by atomic mass is 15.2. The van der Waals surface area contributed by atoms with Gasteiger partial charge in [-0.25, -0.2) is 0 Å². The normalized spacial score (nSPS) is 17.8. The summed E-state index contributed by atoms with van der Waals surface area (Å²) in [6.07, 6.45) is 0. The molecule has 2 heteroatoms. The Kier molecular flexibility index (Phi) is 2.67. The Labute approximate surface area is 103 Å². The summed E-state index contributed by atoms with van der Waals surface area (Å²) < 4.78 is 0. The van der Waals surface area contributed by atoms with Crippen LogP contribution >= 0.6 is 0 Å². The van der Waals surface area contributed by atoms with Gasteiger partial charge in [0.2, 0.25) is 0 Å². The minimum absolute atomic E-state index is 0.828. The molecule has 1 aliphatic heterocycles. The van der Waals surface area contributed by atoms with E-state index in [9.17, 15) is 0 Å². The Morgan fingerprint density at radius 1 is 1.29 bits per heavy atom. The molecule has 3 rings (SSSR count). The molecule has 0 bridgehead atoms. The molecule has 2 nitrogen and oxygen atoms in total. The van der Waals surface area contributed by atoms with Gasteiger partial charge in [-0.3, -0.25) is 4.90 Å². The molecule has 0 spiro atoms. The summed E-state index contributed by atoms with van der Waals surface area (Å²) in [5, 5.41) is 1.32. The highest BCUT2D eigenvalue weighted by Crippen LogP contribution is 2.25. The van der Waals surface area contributed by atoms with Gasteiger partial charge in [0.05, 0.1) is 0 Å². The minimum atomic E-state index is 0.828. The first-order valence-electron chi connectivity index (χ1n) is 6.51. The number of hydrogen-bond donors (Lipinski definition) is 1. The second kappa shape index (κ2) is 4.19. The average Bonchev–Trinajstić information content (AvgIpc) is 2.64. The zero-order valence-electron chi connectivity index (χ0n) is 10.6. The van der Waals surface area contributed by atoms with Gasteiger partial charge >= 0.3 is 0 Å². The van der Waals surface area contributed by atoms with Crippen molar-refractivity contribution in [2.75, 3.05) is 13.1 Å². The second-order valence-electron chi connectivity index (χ2n) is 5.58. The highest BCUT2D eigenvalue weighted by molar-refractivity contribution is 5.80. The molecule has 1 fully saturated rings. The maximum Gasteiger partial charge on any atom is 0.0456 e. The van der Waals surface area contributed by atoms with Crippen LogP contribution in [0, 0.1) is 11.8 Å². The van der Waals surface area contributed by atoms with E-state index >= 15 is 0 Å². The predicted molar refractivity (Wildman–Crippen MR) is 71.9 cm³/mol. The highest BCUT2D eigenvalue weighted by Gasteiger charge is 2.28. The van der Waals surface area contributed by atoms with Gasteiger partial charge in [0.1, 0.15) is 0 Å². The smallest absolute Gasteiger partial charge is 0.0456 e. The number of benzene rings is 1. The predicted octanol–water partition coefficient (Wildman–Crippen LogP) is 3.26. The van der Waals surface area contributed by atoms with Crippen molar-refractivity contribution < 1.29 is 0 Å². The fourth-order valence-electron chi connectivity index (χ4n) is 2.62. The molecule has 2 aromatic rings. The van der Waals surface area contributed by atoms with E-state index in [1.807, 2.05) is 0 Å². The lowest BCUT2D eigenvalue weighted by Crippen LogP contribution is -2.48. The SMILES string of the molecule is CC(C)C1CN(Cc2cc3ccccc3[nH]2)C1. The van der Waals surface area contributed by atoms with Crippen LogP contribution in [-0.2, 0) is 6.54 Å². The number of aromatic amines is 1. The molecular formula is C15H20N2. The lowest BCUT2D eigenvalue weighted by atomic mass is 9.88. The molecule has 0 amide bonds. The average molecular weight is 228 g/mol. The fraction of sp³-hybridized carbons (Fsp3) is 0.467. The number of aromatic nitrogens is 1. The first-order valence-corrected chi connectivity index (χ1v) is 6.51. The van der Waals surface area contributed by atoms with E-state index in [1.165, 1.54) is 29.7 Å². The molecular weight excluding hydrogens is 208 g/mol. The summed E-state index contributed by atoms with van der Waals surface area (Å²) in [7, 11) is 0. The van der Waals surface area contributed by atoms with E-state index in [1.54, 1.807) is 0 Å². The van der Waals surface area contributed by atoms with E-state index in [4.69, 9.17) is 0 Å². The van der Waals surface area contributed by atoms with Crippen LogP contribution in [0.5, 0.6) is 0 Å². The van der Waals surface area contributed by atoms with Crippen LogP contribution in [0.3, 0.4) is 0 Å². The molecule has 0 saturated carbocycles. The van der Waals surface area contributed by atoms with E-state index in [0.29, 0.717) is 0 Å². The third kappa shape index (κ3) is 2.09. The van der Waals surface area contributed by atoms with Gasteiger partial charge in [0.15, 0.2) is 0 Å². The van der Waals surface area contributed by atoms with E-state index in [0.717, 1.165) is 18.4 Å². The van der Waals surface area contributed by atoms with Crippen molar-refractivity contribution in [1.82, 2.24) is 9.88 Å².